The molecule has 0 bridgehead atoms. The first-order valence-electron chi connectivity index (χ1n) is 30.4. The lowest BCUT2D eigenvalue weighted by molar-refractivity contribution is -0.188. The summed E-state index contributed by atoms with van der Waals surface area (Å²) < 4.78 is 68.0. The topological polar surface area (TPSA) is 211 Å². The number of hydrogen-bond donors (Lipinski definition) is 1. The fraction of sp³-hybridized carbons (Fsp3) is 0.742. The molecule has 4 heterocycles. The number of nitrogens with zero attached hydrogens (tertiary/aromatic N) is 1. The van der Waals surface area contributed by atoms with Gasteiger partial charge in [0.25, 0.3) is 0 Å². The van der Waals surface area contributed by atoms with Crippen LogP contribution in [0.15, 0.2) is 60.7 Å². The third-order valence-corrected chi connectivity index (χ3v) is 15.3. The van der Waals surface area contributed by atoms with Crippen molar-refractivity contribution in [3.05, 3.63) is 71.8 Å². The Hall–Kier alpha value is -4.76. The van der Waals surface area contributed by atoms with Crippen LogP contribution in [-0.2, 0) is 79.3 Å². The third-order valence-electron chi connectivity index (χ3n) is 15.3. The molecule has 0 aliphatic carbocycles. The van der Waals surface area contributed by atoms with Crippen LogP contribution in [0.1, 0.15) is 203 Å². The maximum absolute atomic E-state index is 13.6. The summed E-state index contributed by atoms with van der Waals surface area (Å²) in [5.74, 6) is -0.652. The SMILES string of the molecule is C.CC(C)(C)OC(=O)OC(=O)OC(C)(C)C.CC(C)(C)OC(=O)[C@H]1N(C(=O)OC(C)(C)C)C[C@]1(CCCB1OC(C)(C)C(C)(C)O1)COCc1ccccc1.CC(C)(C)OC(=O)[C@H]1NC[C@]1(CCCB1OC(C)(C)C(C)(C)O1)COCc1ccccc1. The smallest absolute Gasteiger partial charge is 0.459 e. The summed E-state index contributed by atoms with van der Waals surface area (Å²) in [6.07, 6.45) is 1.89. The van der Waals surface area contributed by atoms with E-state index in [-0.39, 0.29) is 50.3 Å². The first-order chi connectivity index (χ1) is 39.2. The number of hydrogen-bond acceptors (Lipinski definition) is 18. The molecule has 0 spiro atoms. The molecule has 4 atom stereocenters. The minimum atomic E-state index is -1.06. The molecule has 4 saturated heterocycles. The highest BCUT2D eigenvalue weighted by atomic mass is 16.8. The molecule has 87 heavy (non-hydrogen) atoms. The predicted octanol–water partition coefficient (Wildman–Crippen LogP) is 13.9. The van der Waals surface area contributed by atoms with Crippen LogP contribution in [0.4, 0.5) is 14.4 Å². The molecule has 6 rings (SSSR count). The first kappa shape index (κ1) is 76.5. The lowest BCUT2D eigenvalue weighted by atomic mass is 9.67. The predicted molar refractivity (Wildman–Crippen MR) is 338 cm³/mol. The van der Waals surface area contributed by atoms with E-state index in [0.717, 1.165) is 43.3 Å². The second-order valence-electron chi connectivity index (χ2n) is 30.3. The molecule has 1 N–H and O–H groups in total. The van der Waals surface area contributed by atoms with Crippen LogP contribution >= 0.6 is 0 Å². The summed E-state index contributed by atoms with van der Waals surface area (Å²) in [5, 5.41) is 3.30. The minimum absolute atomic E-state index is 0. The van der Waals surface area contributed by atoms with E-state index >= 15 is 0 Å². The summed E-state index contributed by atoms with van der Waals surface area (Å²) >= 11 is 0. The zero-order valence-electron chi connectivity index (χ0n) is 56.5. The summed E-state index contributed by atoms with van der Waals surface area (Å²) in [4.78, 5) is 63.1. The van der Waals surface area contributed by atoms with Gasteiger partial charge in [-0.25, -0.2) is 19.2 Å². The zero-order valence-corrected chi connectivity index (χ0v) is 56.5. The Kier molecular flexibility index (Phi) is 26.3. The second kappa shape index (κ2) is 29.9. The lowest BCUT2D eigenvalue weighted by Crippen LogP contribution is -2.72. The Balaban J connectivity index is 0.000000371. The van der Waals surface area contributed by atoms with Crippen molar-refractivity contribution in [2.24, 2.45) is 10.8 Å². The second-order valence-corrected chi connectivity index (χ2v) is 30.3. The Labute approximate surface area is 522 Å². The molecule has 21 heteroatoms. The Morgan fingerprint density at radius 2 is 0.851 bits per heavy atom. The number of ether oxygens (including phenoxy) is 8. The van der Waals surface area contributed by atoms with Crippen LogP contribution in [0.3, 0.4) is 0 Å². The molecule has 2 aromatic carbocycles. The van der Waals surface area contributed by atoms with Crippen molar-refractivity contribution >= 4 is 44.6 Å². The number of carbonyl (C=O) groups is 5. The Morgan fingerprint density at radius 1 is 0.506 bits per heavy atom. The van der Waals surface area contributed by atoms with Gasteiger partial charge in [-0.05, 0) is 196 Å². The van der Waals surface area contributed by atoms with Gasteiger partial charge in [0.2, 0.25) is 0 Å². The van der Waals surface area contributed by atoms with Gasteiger partial charge in [-0.3, -0.25) is 9.69 Å². The molecule has 0 radical (unpaired) electrons. The molecule has 19 nitrogen and oxygen atoms in total. The largest absolute Gasteiger partial charge is 0.519 e. The maximum atomic E-state index is 13.6. The van der Waals surface area contributed by atoms with Crippen molar-refractivity contribution in [2.75, 3.05) is 26.3 Å². The average Bonchev–Trinajstić information content (AvgIpc) is 1.55. The highest BCUT2D eigenvalue weighted by Gasteiger charge is 2.61. The molecule has 2 aromatic rings. The van der Waals surface area contributed by atoms with Crippen LogP contribution in [0.2, 0.25) is 12.6 Å². The molecule has 4 fully saturated rings. The van der Waals surface area contributed by atoms with Gasteiger partial charge in [-0.15, -0.1) is 0 Å². The van der Waals surface area contributed by atoms with Gasteiger partial charge in [0, 0.05) is 23.9 Å². The van der Waals surface area contributed by atoms with Crippen molar-refractivity contribution < 1.29 is 80.5 Å². The summed E-state index contributed by atoms with van der Waals surface area (Å²) in [5.41, 5.74) is -3.52. The van der Waals surface area contributed by atoms with Gasteiger partial charge in [-0.2, -0.15) is 0 Å². The zero-order chi connectivity index (χ0) is 65.2. The Bertz CT molecular complexity index is 2470. The van der Waals surface area contributed by atoms with E-state index in [0.29, 0.717) is 45.7 Å². The molecular weight excluding hydrogens is 1110 g/mol. The van der Waals surface area contributed by atoms with Crippen LogP contribution in [-0.4, -0.2) is 138 Å². The van der Waals surface area contributed by atoms with Crippen molar-refractivity contribution in [3.8, 4) is 0 Å². The molecule has 4 aliphatic heterocycles. The number of amides is 1. The standard InChI is InChI=1S/C30H48BNO7.C25H40BNO5.C10H18O5.CH4/c1-26(2,3)36-24(33)23-30(20-32(23)25(34)37-27(4,5)6,21-35-19-22-15-12-11-13-16-22)17-14-18-31-38-28(7,8)29(9,10)39-31;1-22(2,3)30-21(28)20-25(17-27-20,18-29-16-19-12-9-8-10-13-19)14-11-15-26-31-23(4,5)24(6,7)32-26;1-9(2,3)14-7(11)13-8(12)15-10(4,5)6;/h11-13,15-16,23H,14,17-21H2,1-10H3;8-10,12-13,20,27H,11,14-18H2,1-7H3;1-6H3;1H4/t23-,30-;20-,25-;;/m11../s1. The fourth-order valence-corrected chi connectivity index (χ4v) is 9.91. The van der Waals surface area contributed by atoms with Crippen LogP contribution in [0.5, 0.6) is 0 Å². The summed E-state index contributed by atoms with van der Waals surface area (Å²) in [6, 6.07) is 18.8. The van der Waals surface area contributed by atoms with E-state index in [9.17, 15) is 24.0 Å². The van der Waals surface area contributed by atoms with Crippen LogP contribution in [0, 0.1) is 10.8 Å². The van der Waals surface area contributed by atoms with Crippen molar-refractivity contribution in [1.82, 2.24) is 10.2 Å². The van der Waals surface area contributed by atoms with Crippen molar-refractivity contribution in [2.45, 2.75) is 281 Å². The maximum Gasteiger partial charge on any atom is 0.519 e. The number of likely N-dealkylation sites (tertiary alicyclic amines) is 1. The number of benzene rings is 2. The van der Waals surface area contributed by atoms with Gasteiger partial charge < -0.3 is 61.8 Å². The molecule has 1 amide bonds. The molecular formula is C66H110B2N2O17. The van der Waals surface area contributed by atoms with Crippen LogP contribution in [0.25, 0.3) is 0 Å². The van der Waals surface area contributed by atoms with Gasteiger partial charge in [0.15, 0.2) is 0 Å². The third kappa shape index (κ3) is 24.2. The van der Waals surface area contributed by atoms with Crippen molar-refractivity contribution in [3.63, 3.8) is 0 Å². The minimum Gasteiger partial charge on any atom is -0.459 e. The van der Waals surface area contributed by atoms with E-state index in [1.54, 1.807) is 41.5 Å². The number of nitrogens with one attached hydrogen (secondary N) is 1. The molecule has 4 aliphatic rings. The molecule has 0 saturated carbocycles. The van der Waals surface area contributed by atoms with Gasteiger partial charge in [-0.1, -0.05) is 80.9 Å². The lowest BCUT2D eigenvalue weighted by Gasteiger charge is -2.55. The molecule has 492 valence electrons. The van der Waals surface area contributed by atoms with E-state index in [1.165, 1.54) is 4.90 Å². The average molecular weight is 1230 g/mol. The van der Waals surface area contributed by atoms with Crippen molar-refractivity contribution in [1.29, 1.82) is 0 Å². The fourth-order valence-electron chi connectivity index (χ4n) is 9.91. The quantitative estimate of drug-likeness (QED) is 0.0636. The highest BCUT2D eigenvalue weighted by Crippen LogP contribution is 2.47. The summed E-state index contributed by atoms with van der Waals surface area (Å²) in [7, 11) is -0.561. The van der Waals surface area contributed by atoms with Gasteiger partial charge >= 0.3 is 44.6 Å². The normalized spacial score (nSPS) is 22.7. The number of rotatable bonds is 18. The summed E-state index contributed by atoms with van der Waals surface area (Å²) in [6.45, 7) is 45.9. The van der Waals surface area contributed by atoms with E-state index in [4.69, 9.17) is 51.8 Å². The highest BCUT2D eigenvalue weighted by molar-refractivity contribution is 6.45. The van der Waals surface area contributed by atoms with E-state index in [1.807, 2.05) is 139 Å². The van der Waals surface area contributed by atoms with Gasteiger partial charge in [0.05, 0.1) is 48.8 Å². The first-order valence-corrected chi connectivity index (χ1v) is 30.4. The Morgan fingerprint density at radius 3 is 1.20 bits per heavy atom. The van der Waals surface area contributed by atoms with E-state index < -0.39 is 75.0 Å². The van der Waals surface area contributed by atoms with Gasteiger partial charge in [0.1, 0.15) is 40.1 Å². The number of esters is 2. The van der Waals surface area contributed by atoms with Crippen LogP contribution < -0.4 is 5.32 Å². The monoisotopic (exact) mass is 1220 g/mol. The van der Waals surface area contributed by atoms with E-state index in [2.05, 4.69) is 49.9 Å². The molecule has 0 unspecified atom stereocenters. The molecule has 0 aromatic heterocycles. The number of carbonyl (C=O) groups excluding carboxylic acids is 5.